The number of nitrogens with one attached hydrogen (secondary N) is 1. The molecule has 0 aliphatic heterocycles. The lowest BCUT2D eigenvalue weighted by atomic mass is 10.1. The molecule has 1 atom stereocenters. The second-order valence-electron chi connectivity index (χ2n) is 5.68. The van der Waals surface area contributed by atoms with Crippen LogP contribution in [0, 0.1) is 0 Å². The van der Waals surface area contributed by atoms with Crippen LogP contribution in [0.15, 0.2) is 36.4 Å². The Labute approximate surface area is 158 Å². The monoisotopic (exact) mass is 378 g/mol. The molecule has 140 valence electrons. The van der Waals surface area contributed by atoms with Gasteiger partial charge in [0, 0.05) is 24.2 Å². The van der Waals surface area contributed by atoms with Crippen LogP contribution in [0.1, 0.15) is 18.5 Å². The summed E-state index contributed by atoms with van der Waals surface area (Å²) in [5.41, 5.74) is 1.52. The zero-order valence-electron chi connectivity index (χ0n) is 15.5. The van der Waals surface area contributed by atoms with Crippen LogP contribution in [-0.4, -0.2) is 39.3 Å². The molecule has 0 bridgehead atoms. The summed E-state index contributed by atoms with van der Waals surface area (Å²) >= 11 is 5.92. The number of ether oxygens (including phenoxy) is 3. The van der Waals surface area contributed by atoms with Crippen LogP contribution in [0.3, 0.4) is 0 Å². The summed E-state index contributed by atoms with van der Waals surface area (Å²) in [7, 11) is 6.31. The lowest BCUT2D eigenvalue weighted by molar-refractivity contribution is 0.208. The first kappa shape index (κ1) is 19.7. The van der Waals surface area contributed by atoms with E-state index in [0.29, 0.717) is 28.0 Å². The Balaban J connectivity index is 2.19. The number of benzene rings is 2. The smallest absolute Gasteiger partial charge is 0.322 e. The third-order valence-corrected chi connectivity index (χ3v) is 4.42. The zero-order valence-corrected chi connectivity index (χ0v) is 16.3. The summed E-state index contributed by atoms with van der Waals surface area (Å²) in [6, 6.07) is 10.4. The number of urea groups is 1. The SMILES string of the molecule is COc1cc(NC(=O)N(C)[C@@H](C)c2ccc(Cl)cc2)cc(OC)c1OC. The van der Waals surface area contributed by atoms with Crippen molar-refractivity contribution in [2.45, 2.75) is 13.0 Å². The van der Waals surface area contributed by atoms with E-state index in [-0.39, 0.29) is 12.1 Å². The van der Waals surface area contributed by atoms with Gasteiger partial charge in [0.15, 0.2) is 11.5 Å². The van der Waals surface area contributed by atoms with E-state index in [4.69, 9.17) is 25.8 Å². The predicted octanol–water partition coefficient (Wildman–Crippen LogP) is 4.59. The number of carbonyl (C=O) groups is 1. The van der Waals surface area contributed by atoms with Crippen molar-refractivity contribution in [2.75, 3.05) is 33.7 Å². The fraction of sp³-hybridized carbons (Fsp3) is 0.316. The molecule has 0 radical (unpaired) electrons. The van der Waals surface area contributed by atoms with Crippen molar-refractivity contribution < 1.29 is 19.0 Å². The number of amides is 2. The van der Waals surface area contributed by atoms with E-state index < -0.39 is 0 Å². The quantitative estimate of drug-likeness (QED) is 0.798. The Morgan fingerprint density at radius 1 is 1.04 bits per heavy atom. The molecular formula is C19H23ClN2O4. The highest BCUT2D eigenvalue weighted by atomic mass is 35.5. The molecule has 26 heavy (non-hydrogen) atoms. The topological polar surface area (TPSA) is 60.0 Å². The Kier molecular flexibility index (Phi) is 6.58. The third-order valence-electron chi connectivity index (χ3n) is 4.17. The summed E-state index contributed by atoms with van der Waals surface area (Å²) < 4.78 is 15.9. The van der Waals surface area contributed by atoms with Gasteiger partial charge in [-0.3, -0.25) is 0 Å². The average molecular weight is 379 g/mol. The van der Waals surface area contributed by atoms with Crippen molar-refractivity contribution >= 4 is 23.3 Å². The normalized spacial score (nSPS) is 11.5. The van der Waals surface area contributed by atoms with Gasteiger partial charge >= 0.3 is 6.03 Å². The highest BCUT2D eigenvalue weighted by molar-refractivity contribution is 6.30. The summed E-state index contributed by atoms with van der Waals surface area (Å²) in [5, 5.41) is 3.51. The summed E-state index contributed by atoms with van der Waals surface area (Å²) in [4.78, 5) is 14.2. The molecule has 2 aromatic carbocycles. The fourth-order valence-corrected chi connectivity index (χ4v) is 2.63. The first-order chi connectivity index (χ1) is 12.4. The maximum absolute atomic E-state index is 12.6. The highest BCUT2D eigenvalue weighted by Gasteiger charge is 2.19. The molecule has 0 saturated heterocycles. The summed E-state index contributed by atoms with van der Waals surface area (Å²) in [6.45, 7) is 1.94. The van der Waals surface area contributed by atoms with Gasteiger partial charge in [-0.1, -0.05) is 23.7 Å². The maximum atomic E-state index is 12.6. The van der Waals surface area contributed by atoms with E-state index in [1.165, 1.54) is 21.3 Å². The molecule has 1 N–H and O–H groups in total. The van der Waals surface area contributed by atoms with Crippen molar-refractivity contribution in [3.8, 4) is 17.2 Å². The van der Waals surface area contributed by atoms with Crippen LogP contribution in [0.4, 0.5) is 10.5 Å². The van der Waals surface area contributed by atoms with Gasteiger partial charge in [0.05, 0.1) is 33.1 Å². The predicted molar refractivity (Wildman–Crippen MR) is 103 cm³/mol. The van der Waals surface area contributed by atoms with Crippen molar-refractivity contribution in [3.63, 3.8) is 0 Å². The van der Waals surface area contributed by atoms with Crippen LogP contribution < -0.4 is 19.5 Å². The second-order valence-corrected chi connectivity index (χ2v) is 6.12. The maximum Gasteiger partial charge on any atom is 0.322 e. The number of hydrogen-bond acceptors (Lipinski definition) is 4. The van der Waals surface area contributed by atoms with Crippen molar-refractivity contribution in [3.05, 3.63) is 47.0 Å². The van der Waals surface area contributed by atoms with Gasteiger partial charge in [0.2, 0.25) is 5.75 Å². The molecule has 6 nitrogen and oxygen atoms in total. The molecular weight excluding hydrogens is 356 g/mol. The standard InChI is InChI=1S/C19H23ClN2O4/c1-12(13-6-8-14(20)9-7-13)22(2)19(23)21-15-10-16(24-3)18(26-5)17(11-15)25-4/h6-12H,1-5H3,(H,21,23)/t12-/m0/s1. The molecule has 0 fully saturated rings. The van der Waals surface area contributed by atoms with Crippen LogP contribution >= 0.6 is 11.6 Å². The number of halogens is 1. The first-order valence-corrected chi connectivity index (χ1v) is 8.38. The van der Waals surface area contributed by atoms with Crippen LogP contribution in [-0.2, 0) is 0 Å². The molecule has 0 aliphatic carbocycles. The van der Waals surface area contributed by atoms with E-state index in [9.17, 15) is 4.79 Å². The molecule has 2 aromatic rings. The Morgan fingerprint density at radius 2 is 1.58 bits per heavy atom. The number of anilines is 1. The number of methoxy groups -OCH3 is 3. The molecule has 7 heteroatoms. The number of carbonyl (C=O) groups excluding carboxylic acids is 1. The third kappa shape index (κ3) is 4.32. The first-order valence-electron chi connectivity index (χ1n) is 8.00. The van der Waals surface area contributed by atoms with Crippen LogP contribution in [0.5, 0.6) is 17.2 Å². The van der Waals surface area contributed by atoms with E-state index >= 15 is 0 Å². The average Bonchev–Trinajstić information content (AvgIpc) is 2.66. The fourth-order valence-electron chi connectivity index (χ4n) is 2.51. The van der Waals surface area contributed by atoms with Crippen molar-refractivity contribution in [2.24, 2.45) is 0 Å². The van der Waals surface area contributed by atoms with E-state index in [0.717, 1.165) is 5.56 Å². The van der Waals surface area contributed by atoms with Crippen molar-refractivity contribution in [1.29, 1.82) is 0 Å². The number of rotatable bonds is 6. The van der Waals surface area contributed by atoms with Gasteiger partial charge < -0.3 is 24.4 Å². The van der Waals surface area contributed by atoms with Gasteiger partial charge in [-0.2, -0.15) is 0 Å². The van der Waals surface area contributed by atoms with Crippen LogP contribution in [0.2, 0.25) is 5.02 Å². The lowest BCUT2D eigenvalue weighted by Crippen LogP contribution is -2.33. The summed E-state index contributed by atoms with van der Waals surface area (Å²) in [6.07, 6.45) is 0. The van der Waals surface area contributed by atoms with Crippen LogP contribution in [0.25, 0.3) is 0 Å². The second kappa shape index (κ2) is 8.67. The largest absolute Gasteiger partial charge is 0.493 e. The van der Waals surface area contributed by atoms with E-state index in [1.807, 2.05) is 19.1 Å². The molecule has 0 aliphatic rings. The molecule has 0 unspecified atom stereocenters. The Hall–Kier alpha value is -2.60. The minimum Gasteiger partial charge on any atom is -0.493 e. The molecule has 2 amide bonds. The number of nitrogens with zero attached hydrogens (tertiary/aromatic N) is 1. The minimum absolute atomic E-state index is 0.130. The highest BCUT2D eigenvalue weighted by Crippen LogP contribution is 2.40. The minimum atomic E-state index is -0.262. The molecule has 0 spiro atoms. The Morgan fingerprint density at radius 3 is 2.04 bits per heavy atom. The summed E-state index contributed by atoms with van der Waals surface area (Å²) in [5.74, 6) is 1.40. The molecule has 0 saturated carbocycles. The van der Waals surface area contributed by atoms with E-state index in [1.54, 1.807) is 36.2 Å². The van der Waals surface area contributed by atoms with Gasteiger partial charge in [0.1, 0.15) is 0 Å². The molecule has 0 heterocycles. The van der Waals surface area contributed by atoms with Gasteiger partial charge in [-0.15, -0.1) is 0 Å². The van der Waals surface area contributed by atoms with Crippen molar-refractivity contribution in [1.82, 2.24) is 4.90 Å². The van der Waals surface area contributed by atoms with E-state index in [2.05, 4.69) is 5.32 Å². The van der Waals surface area contributed by atoms with Gasteiger partial charge in [-0.05, 0) is 24.6 Å². The van der Waals surface area contributed by atoms with Gasteiger partial charge in [0.25, 0.3) is 0 Å². The lowest BCUT2D eigenvalue weighted by Gasteiger charge is -2.26. The zero-order chi connectivity index (χ0) is 19.3. The van der Waals surface area contributed by atoms with Gasteiger partial charge in [-0.25, -0.2) is 4.79 Å². The number of hydrogen-bond donors (Lipinski definition) is 1. The Bertz CT molecular complexity index is 740. The molecule has 0 aromatic heterocycles. The molecule has 2 rings (SSSR count).